The summed E-state index contributed by atoms with van der Waals surface area (Å²) >= 11 is 3.18. The molecule has 1 amide bonds. The molecule has 1 atom stereocenters. The summed E-state index contributed by atoms with van der Waals surface area (Å²) < 4.78 is 21.6. The van der Waals surface area contributed by atoms with Crippen molar-refractivity contribution < 1.29 is 13.9 Å². The van der Waals surface area contributed by atoms with Gasteiger partial charge in [-0.3, -0.25) is 0 Å². The van der Waals surface area contributed by atoms with Gasteiger partial charge in [-0.05, 0) is 62.7 Å². The van der Waals surface area contributed by atoms with Crippen LogP contribution in [0.4, 0.5) is 9.18 Å². The standard InChI is InChI=1S/C17H22BrFN4O2/c1-10(22(6)16(24)25-17(3,4)5)15-20-11(2)21-23(15)13-9-7-8-12(18)14(13)19/h7-10H,1-6H3/t10-/m0/s1. The number of nitrogens with zero attached hydrogens (tertiary/aromatic N) is 4. The van der Waals surface area contributed by atoms with E-state index in [2.05, 4.69) is 26.0 Å². The largest absolute Gasteiger partial charge is 0.444 e. The van der Waals surface area contributed by atoms with Crippen LogP contribution in [0.25, 0.3) is 5.69 Å². The molecular formula is C17H22BrFN4O2. The number of hydrogen-bond donors (Lipinski definition) is 0. The molecule has 1 aromatic carbocycles. The van der Waals surface area contributed by atoms with Crippen LogP contribution in [0, 0.1) is 12.7 Å². The minimum Gasteiger partial charge on any atom is -0.444 e. The maximum Gasteiger partial charge on any atom is 0.410 e. The molecule has 136 valence electrons. The van der Waals surface area contributed by atoms with Crippen LogP contribution in [0.2, 0.25) is 0 Å². The van der Waals surface area contributed by atoms with Crippen molar-refractivity contribution in [2.45, 2.75) is 46.3 Å². The molecule has 2 rings (SSSR count). The molecule has 1 heterocycles. The molecule has 6 nitrogen and oxygen atoms in total. The van der Waals surface area contributed by atoms with Crippen LogP contribution in [0.3, 0.4) is 0 Å². The number of aryl methyl sites for hydroxylation is 1. The minimum absolute atomic E-state index is 0.259. The normalized spacial score (nSPS) is 12.8. The molecule has 1 aromatic heterocycles. The summed E-state index contributed by atoms with van der Waals surface area (Å²) in [4.78, 5) is 18.1. The minimum atomic E-state index is -0.606. The summed E-state index contributed by atoms with van der Waals surface area (Å²) in [6, 6.07) is 4.47. The Morgan fingerprint density at radius 2 is 2.04 bits per heavy atom. The number of carbonyl (C=O) groups excluding carboxylic acids is 1. The summed E-state index contributed by atoms with van der Waals surface area (Å²) in [6.07, 6.45) is -0.484. The Balaban J connectivity index is 2.40. The molecule has 0 spiro atoms. The Labute approximate surface area is 155 Å². The van der Waals surface area contributed by atoms with E-state index in [4.69, 9.17) is 4.74 Å². The van der Waals surface area contributed by atoms with Crippen LogP contribution < -0.4 is 0 Å². The van der Waals surface area contributed by atoms with Gasteiger partial charge >= 0.3 is 6.09 Å². The third kappa shape index (κ3) is 4.36. The fourth-order valence-electron chi connectivity index (χ4n) is 2.20. The molecule has 25 heavy (non-hydrogen) atoms. The predicted octanol–water partition coefficient (Wildman–Crippen LogP) is 4.41. The highest BCUT2D eigenvalue weighted by molar-refractivity contribution is 9.10. The molecule has 0 saturated carbocycles. The Bertz CT molecular complexity index is 785. The van der Waals surface area contributed by atoms with Crippen molar-refractivity contribution in [2.24, 2.45) is 0 Å². The molecule has 0 saturated heterocycles. The van der Waals surface area contributed by atoms with Crippen molar-refractivity contribution in [3.63, 3.8) is 0 Å². The first-order valence-electron chi connectivity index (χ1n) is 7.85. The Morgan fingerprint density at radius 1 is 1.40 bits per heavy atom. The maximum absolute atomic E-state index is 14.5. The molecule has 0 aliphatic rings. The van der Waals surface area contributed by atoms with Gasteiger partial charge in [-0.25, -0.2) is 18.9 Å². The van der Waals surface area contributed by atoms with Crippen LogP contribution >= 0.6 is 15.9 Å². The molecule has 0 fully saturated rings. The zero-order valence-corrected chi connectivity index (χ0v) is 16.8. The fourth-order valence-corrected chi connectivity index (χ4v) is 2.56. The zero-order chi connectivity index (χ0) is 18.9. The van der Waals surface area contributed by atoms with Gasteiger partial charge in [0.1, 0.15) is 17.1 Å². The Morgan fingerprint density at radius 3 is 2.64 bits per heavy atom. The average Bonchev–Trinajstić information content (AvgIpc) is 2.88. The summed E-state index contributed by atoms with van der Waals surface area (Å²) in [6.45, 7) is 8.91. The fraction of sp³-hybridized carbons (Fsp3) is 0.471. The van der Waals surface area contributed by atoms with Crippen molar-refractivity contribution in [2.75, 3.05) is 7.05 Å². The van der Waals surface area contributed by atoms with E-state index in [-0.39, 0.29) is 5.69 Å². The zero-order valence-electron chi connectivity index (χ0n) is 15.2. The van der Waals surface area contributed by atoms with Crippen LogP contribution in [0.15, 0.2) is 22.7 Å². The van der Waals surface area contributed by atoms with E-state index in [9.17, 15) is 9.18 Å². The number of benzene rings is 1. The van der Waals surface area contributed by atoms with Gasteiger partial charge in [-0.1, -0.05) is 6.07 Å². The lowest BCUT2D eigenvalue weighted by molar-refractivity contribution is 0.0225. The summed E-state index contributed by atoms with van der Waals surface area (Å²) in [5, 5.41) is 4.29. The van der Waals surface area contributed by atoms with E-state index in [1.54, 1.807) is 59.9 Å². The van der Waals surface area contributed by atoms with Crippen LogP contribution in [0.5, 0.6) is 0 Å². The second kappa shape index (κ2) is 7.11. The molecule has 0 N–H and O–H groups in total. The number of carbonyl (C=O) groups is 1. The van der Waals surface area contributed by atoms with E-state index in [1.807, 2.05) is 0 Å². The lowest BCUT2D eigenvalue weighted by Crippen LogP contribution is -2.36. The first-order chi connectivity index (χ1) is 11.5. The predicted molar refractivity (Wildman–Crippen MR) is 96.2 cm³/mol. The van der Waals surface area contributed by atoms with Crippen LogP contribution in [0.1, 0.15) is 45.4 Å². The molecule has 0 aliphatic carbocycles. The van der Waals surface area contributed by atoms with E-state index in [0.717, 1.165) is 0 Å². The van der Waals surface area contributed by atoms with Crippen molar-refractivity contribution in [3.8, 4) is 5.69 Å². The Kier molecular flexibility index (Phi) is 5.51. The monoisotopic (exact) mass is 412 g/mol. The van der Waals surface area contributed by atoms with Gasteiger partial charge in [0.25, 0.3) is 0 Å². The van der Waals surface area contributed by atoms with Gasteiger partial charge in [0.2, 0.25) is 0 Å². The molecule has 0 bridgehead atoms. The molecular weight excluding hydrogens is 391 g/mol. The van der Waals surface area contributed by atoms with Gasteiger partial charge in [0.05, 0.1) is 10.5 Å². The highest BCUT2D eigenvalue weighted by Crippen LogP contribution is 2.26. The van der Waals surface area contributed by atoms with Crippen molar-refractivity contribution >= 4 is 22.0 Å². The first kappa shape index (κ1) is 19.4. The number of rotatable bonds is 3. The topological polar surface area (TPSA) is 60.3 Å². The quantitative estimate of drug-likeness (QED) is 0.748. The van der Waals surface area contributed by atoms with E-state index >= 15 is 0 Å². The van der Waals surface area contributed by atoms with Crippen molar-refractivity contribution in [1.82, 2.24) is 19.7 Å². The van der Waals surface area contributed by atoms with Gasteiger partial charge < -0.3 is 9.64 Å². The van der Waals surface area contributed by atoms with E-state index < -0.39 is 23.6 Å². The third-order valence-electron chi connectivity index (χ3n) is 3.53. The van der Waals surface area contributed by atoms with Gasteiger partial charge in [0.15, 0.2) is 11.6 Å². The van der Waals surface area contributed by atoms with Gasteiger partial charge in [-0.15, -0.1) is 0 Å². The number of ether oxygens (including phenoxy) is 1. The average molecular weight is 413 g/mol. The molecule has 2 aromatic rings. The number of amides is 1. The van der Waals surface area contributed by atoms with Gasteiger partial charge in [0, 0.05) is 7.05 Å². The van der Waals surface area contributed by atoms with Gasteiger partial charge in [-0.2, -0.15) is 5.10 Å². The summed E-state index contributed by atoms with van der Waals surface area (Å²) in [7, 11) is 1.62. The highest BCUT2D eigenvalue weighted by atomic mass is 79.9. The second-order valence-corrected chi connectivity index (χ2v) is 7.62. The third-order valence-corrected chi connectivity index (χ3v) is 4.15. The number of aromatic nitrogens is 3. The smallest absolute Gasteiger partial charge is 0.410 e. The Hall–Kier alpha value is -1.96. The molecule has 0 aliphatic heterocycles. The van der Waals surface area contributed by atoms with Crippen molar-refractivity contribution in [3.05, 3.63) is 40.1 Å². The summed E-state index contributed by atoms with van der Waals surface area (Å²) in [5.41, 5.74) is -0.347. The lowest BCUT2D eigenvalue weighted by Gasteiger charge is -2.28. The van der Waals surface area contributed by atoms with Crippen molar-refractivity contribution in [1.29, 1.82) is 0 Å². The molecule has 8 heteroatoms. The molecule has 0 unspecified atom stereocenters. The maximum atomic E-state index is 14.5. The summed E-state index contributed by atoms with van der Waals surface area (Å²) in [5.74, 6) is 0.488. The highest BCUT2D eigenvalue weighted by Gasteiger charge is 2.28. The first-order valence-corrected chi connectivity index (χ1v) is 8.64. The van der Waals surface area contributed by atoms with Crippen LogP contribution in [-0.4, -0.2) is 38.4 Å². The number of hydrogen-bond acceptors (Lipinski definition) is 4. The van der Waals surface area contributed by atoms with E-state index in [1.165, 1.54) is 9.58 Å². The molecule has 0 radical (unpaired) electrons. The number of halogens is 2. The second-order valence-electron chi connectivity index (χ2n) is 6.77. The van der Waals surface area contributed by atoms with Crippen LogP contribution in [-0.2, 0) is 4.74 Å². The lowest BCUT2D eigenvalue weighted by atomic mass is 10.2. The van der Waals surface area contributed by atoms with E-state index in [0.29, 0.717) is 16.1 Å². The SMILES string of the molecule is Cc1nc([C@H](C)N(C)C(=O)OC(C)(C)C)n(-c2cccc(Br)c2F)n1.